The lowest BCUT2D eigenvalue weighted by Crippen LogP contribution is -2.38. The molecule has 176 valence electrons. The van der Waals surface area contributed by atoms with Gasteiger partial charge in [0, 0.05) is 18.8 Å². The zero-order valence-electron chi connectivity index (χ0n) is 18.7. The highest BCUT2D eigenvalue weighted by atomic mass is 32.2. The van der Waals surface area contributed by atoms with Crippen molar-refractivity contribution in [3.05, 3.63) is 60.2 Å². The van der Waals surface area contributed by atoms with E-state index in [0.717, 1.165) is 10.5 Å². The molecule has 1 aliphatic rings. The average molecular weight is 473 g/mol. The fraction of sp³-hybridized carbons (Fsp3) is 0.348. The third-order valence-corrected chi connectivity index (χ3v) is 7.48. The molecule has 33 heavy (non-hydrogen) atoms. The smallest absolute Gasteiger partial charge is 0.325 e. The lowest BCUT2D eigenvalue weighted by molar-refractivity contribution is -0.130. The predicted octanol–water partition coefficient (Wildman–Crippen LogP) is 2.21. The highest BCUT2D eigenvalue weighted by Crippen LogP contribution is 2.20. The number of aryl methyl sites for hydroxylation is 1. The number of amides is 4. The van der Waals surface area contributed by atoms with Crippen molar-refractivity contribution in [3.63, 3.8) is 0 Å². The minimum atomic E-state index is -3.68. The number of rotatable bonds is 10. The Labute approximate surface area is 193 Å². The van der Waals surface area contributed by atoms with E-state index in [1.807, 2.05) is 30.3 Å². The number of nitrogens with one attached hydrogen (secondary N) is 2. The third-order valence-electron chi connectivity index (χ3n) is 5.43. The Morgan fingerprint density at radius 3 is 2.42 bits per heavy atom. The Bertz CT molecular complexity index is 1120. The zero-order chi connectivity index (χ0) is 24.0. The second-order valence-corrected chi connectivity index (χ2v) is 9.55. The fourth-order valence-electron chi connectivity index (χ4n) is 3.67. The molecule has 1 saturated heterocycles. The van der Waals surface area contributed by atoms with Crippen molar-refractivity contribution in [1.29, 1.82) is 0 Å². The molecule has 3 rings (SSSR count). The van der Waals surface area contributed by atoms with Gasteiger partial charge in [-0.25, -0.2) is 13.2 Å². The van der Waals surface area contributed by atoms with E-state index in [9.17, 15) is 22.8 Å². The standard InChI is InChI=1S/C23H28N4O5S/c1-3-26(4-2)33(31,32)19-12-8-11-18(15-19)24-21(28)16-27-22(29)20(25-23(27)30)14-13-17-9-6-5-7-10-17/h5-12,15,20H,3-4,13-14,16H2,1-2H3,(H,24,28)(H,25,30). The number of benzene rings is 2. The number of nitrogens with zero attached hydrogens (tertiary/aromatic N) is 2. The second-order valence-electron chi connectivity index (χ2n) is 7.62. The van der Waals surface area contributed by atoms with Crippen LogP contribution in [0.3, 0.4) is 0 Å². The molecule has 0 saturated carbocycles. The topological polar surface area (TPSA) is 116 Å². The maximum atomic E-state index is 12.7. The Hall–Kier alpha value is -3.24. The molecule has 1 aliphatic heterocycles. The Morgan fingerprint density at radius 2 is 1.76 bits per heavy atom. The van der Waals surface area contributed by atoms with Gasteiger partial charge in [-0.05, 0) is 36.6 Å². The molecule has 0 radical (unpaired) electrons. The molecule has 10 heteroatoms. The first-order valence-electron chi connectivity index (χ1n) is 10.8. The normalized spacial score (nSPS) is 16.2. The maximum absolute atomic E-state index is 12.7. The van der Waals surface area contributed by atoms with Crippen LogP contribution in [0.25, 0.3) is 0 Å². The Balaban J connectivity index is 1.61. The van der Waals surface area contributed by atoms with Crippen LogP contribution in [0, 0.1) is 0 Å². The summed E-state index contributed by atoms with van der Waals surface area (Å²) in [5, 5.41) is 5.19. The second kappa shape index (κ2) is 10.6. The van der Waals surface area contributed by atoms with Gasteiger partial charge < -0.3 is 10.6 Å². The van der Waals surface area contributed by atoms with Crippen molar-refractivity contribution in [3.8, 4) is 0 Å². The van der Waals surface area contributed by atoms with Crippen molar-refractivity contribution < 1.29 is 22.8 Å². The van der Waals surface area contributed by atoms with E-state index in [0.29, 0.717) is 25.9 Å². The van der Waals surface area contributed by atoms with Crippen LogP contribution in [0.1, 0.15) is 25.8 Å². The molecule has 2 aromatic rings. The molecule has 1 heterocycles. The average Bonchev–Trinajstić information content (AvgIpc) is 3.06. The minimum absolute atomic E-state index is 0.0555. The largest absolute Gasteiger partial charge is 0.326 e. The number of imide groups is 1. The van der Waals surface area contributed by atoms with Crippen LogP contribution >= 0.6 is 0 Å². The van der Waals surface area contributed by atoms with Gasteiger partial charge in [0.25, 0.3) is 5.91 Å². The molecule has 2 N–H and O–H groups in total. The maximum Gasteiger partial charge on any atom is 0.325 e. The first-order chi connectivity index (χ1) is 15.8. The summed E-state index contributed by atoms with van der Waals surface area (Å²) in [5.41, 5.74) is 1.32. The van der Waals surface area contributed by atoms with Gasteiger partial charge in [0.1, 0.15) is 12.6 Å². The van der Waals surface area contributed by atoms with Gasteiger partial charge in [-0.1, -0.05) is 50.2 Å². The van der Waals surface area contributed by atoms with Crippen LogP contribution < -0.4 is 10.6 Å². The van der Waals surface area contributed by atoms with Crippen LogP contribution in [-0.2, 0) is 26.0 Å². The summed E-state index contributed by atoms with van der Waals surface area (Å²) in [7, 11) is -3.68. The van der Waals surface area contributed by atoms with Gasteiger partial charge in [0.2, 0.25) is 15.9 Å². The molecule has 0 bridgehead atoms. The molecule has 0 spiro atoms. The molecule has 0 aliphatic carbocycles. The quantitative estimate of drug-likeness (QED) is 0.515. The molecule has 9 nitrogen and oxygen atoms in total. The Morgan fingerprint density at radius 1 is 1.06 bits per heavy atom. The van der Waals surface area contributed by atoms with Crippen molar-refractivity contribution in [2.45, 2.75) is 37.6 Å². The van der Waals surface area contributed by atoms with E-state index in [1.165, 1.54) is 22.5 Å². The monoisotopic (exact) mass is 472 g/mol. The Kier molecular flexibility index (Phi) is 7.83. The molecular formula is C23H28N4O5S. The highest BCUT2D eigenvalue weighted by molar-refractivity contribution is 7.89. The van der Waals surface area contributed by atoms with E-state index >= 15 is 0 Å². The SMILES string of the molecule is CCN(CC)S(=O)(=O)c1cccc(NC(=O)CN2C(=O)NC(CCc3ccccc3)C2=O)c1. The van der Waals surface area contributed by atoms with E-state index < -0.39 is 40.5 Å². The number of hydrogen-bond donors (Lipinski definition) is 2. The van der Waals surface area contributed by atoms with E-state index in [4.69, 9.17) is 0 Å². The molecule has 2 aromatic carbocycles. The van der Waals surface area contributed by atoms with Crippen molar-refractivity contribution in [2.24, 2.45) is 0 Å². The summed E-state index contributed by atoms with van der Waals surface area (Å²) in [4.78, 5) is 38.3. The number of hydrogen-bond acceptors (Lipinski definition) is 5. The lowest BCUT2D eigenvalue weighted by atomic mass is 10.1. The zero-order valence-corrected chi connectivity index (χ0v) is 19.5. The third kappa shape index (κ3) is 5.77. The number of anilines is 1. The number of carbonyl (C=O) groups excluding carboxylic acids is 3. The molecule has 1 atom stereocenters. The van der Waals surface area contributed by atoms with Crippen molar-refractivity contribution >= 4 is 33.6 Å². The van der Waals surface area contributed by atoms with Gasteiger partial charge in [-0.15, -0.1) is 0 Å². The molecule has 0 aromatic heterocycles. The first kappa shape index (κ1) is 24.4. The van der Waals surface area contributed by atoms with Crippen LogP contribution in [0.5, 0.6) is 0 Å². The number of carbonyl (C=O) groups is 3. The van der Waals surface area contributed by atoms with Gasteiger partial charge in [0.15, 0.2) is 0 Å². The summed E-state index contributed by atoms with van der Waals surface area (Å²) in [5.74, 6) is -1.05. The van der Waals surface area contributed by atoms with Crippen molar-refractivity contribution in [2.75, 3.05) is 25.0 Å². The number of sulfonamides is 1. The van der Waals surface area contributed by atoms with Gasteiger partial charge >= 0.3 is 6.03 Å². The van der Waals surface area contributed by atoms with Crippen LogP contribution in [-0.4, -0.2) is 61.1 Å². The lowest BCUT2D eigenvalue weighted by Gasteiger charge is -2.19. The summed E-state index contributed by atoms with van der Waals surface area (Å²) >= 11 is 0. The summed E-state index contributed by atoms with van der Waals surface area (Å²) < 4.78 is 26.7. The van der Waals surface area contributed by atoms with Gasteiger partial charge in [-0.2, -0.15) is 4.31 Å². The van der Waals surface area contributed by atoms with Crippen molar-refractivity contribution in [1.82, 2.24) is 14.5 Å². The van der Waals surface area contributed by atoms with Crippen LogP contribution in [0.4, 0.5) is 10.5 Å². The molecule has 4 amide bonds. The van der Waals surface area contributed by atoms with Crippen LogP contribution in [0.15, 0.2) is 59.5 Å². The molecule has 1 unspecified atom stereocenters. The highest BCUT2D eigenvalue weighted by Gasteiger charge is 2.38. The molecule has 1 fully saturated rings. The predicted molar refractivity (Wildman–Crippen MR) is 124 cm³/mol. The van der Waals surface area contributed by atoms with E-state index in [1.54, 1.807) is 19.9 Å². The molecular weight excluding hydrogens is 444 g/mol. The first-order valence-corrected chi connectivity index (χ1v) is 12.3. The van der Waals surface area contributed by atoms with E-state index in [-0.39, 0.29) is 10.6 Å². The fourth-order valence-corrected chi connectivity index (χ4v) is 5.17. The van der Waals surface area contributed by atoms with Gasteiger partial charge in [0.05, 0.1) is 4.90 Å². The summed E-state index contributed by atoms with van der Waals surface area (Å²) in [6, 6.07) is 14.2. The van der Waals surface area contributed by atoms with E-state index in [2.05, 4.69) is 10.6 Å². The van der Waals surface area contributed by atoms with Gasteiger partial charge in [-0.3, -0.25) is 14.5 Å². The summed E-state index contributed by atoms with van der Waals surface area (Å²) in [6.07, 6.45) is 1.04. The summed E-state index contributed by atoms with van der Waals surface area (Å²) in [6.45, 7) is 3.69. The van der Waals surface area contributed by atoms with Crippen LogP contribution in [0.2, 0.25) is 0 Å². The minimum Gasteiger partial charge on any atom is -0.326 e. The number of urea groups is 1.